The average molecular weight is 353 g/mol. The molecular formula is C18H27NO4S. The Morgan fingerprint density at radius 3 is 2.29 bits per heavy atom. The van der Waals surface area contributed by atoms with E-state index in [9.17, 15) is 13.2 Å². The first-order chi connectivity index (χ1) is 11.3. The third-order valence-electron chi connectivity index (χ3n) is 4.64. The molecule has 1 N–H and O–H groups in total. The molecule has 0 amide bonds. The Balaban J connectivity index is 1.87. The Morgan fingerprint density at radius 2 is 1.79 bits per heavy atom. The van der Waals surface area contributed by atoms with Gasteiger partial charge in [-0.05, 0) is 57.2 Å². The van der Waals surface area contributed by atoms with Crippen LogP contribution in [0, 0.1) is 5.92 Å². The maximum atomic E-state index is 11.8. The molecule has 1 aliphatic rings. The van der Waals surface area contributed by atoms with Gasteiger partial charge in [0.1, 0.15) is 0 Å². The van der Waals surface area contributed by atoms with Crippen LogP contribution >= 0.6 is 0 Å². The van der Waals surface area contributed by atoms with Crippen LogP contribution in [0.2, 0.25) is 0 Å². The Bertz CT molecular complexity index is 646. The number of nitrogens with one attached hydrogen (secondary N) is 1. The van der Waals surface area contributed by atoms with Crippen LogP contribution < -0.4 is 5.32 Å². The van der Waals surface area contributed by atoms with Gasteiger partial charge >= 0.3 is 5.97 Å². The highest BCUT2D eigenvalue weighted by atomic mass is 32.2. The summed E-state index contributed by atoms with van der Waals surface area (Å²) < 4.78 is 28.1. The van der Waals surface area contributed by atoms with Crippen molar-refractivity contribution in [2.75, 3.05) is 12.9 Å². The molecule has 0 heterocycles. The molecule has 6 heteroatoms. The fourth-order valence-electron chi connectivity index (χ4n) is 3.21. The van der Waals surface area contributed by atoms with Crippen molar-refractivity contribution in [2.45, 2.75) is 56.5 Å². The zero-order valence-corrected chi connectivity index (χ0v) is 15.4. The lowest BCUT2D eigenvalue weighted by molar-refractivity contribution is -0.149. The number of hydrogen-bond donors (Lipinski definition) is 1. The number of rotatable bonds is 6. The van der Waals surface area contributed by atoms with Gasteiger partial charge in [0.25, 0.3) is 0 Å². The van der Waals surface area contributed by atoms with Gasteiger partial charge in [0.05, 0.1) is 17.4 Å². The number of benzene rings is 1. The molecular weight excluding hydrogens is 326 g/mol. The molecule has 2 rings (SSSR count). The largest absolute Gasteiger partial charge is 0.466 e. The number of hydrogen-bond acceptors (Lipinski definition) is 5. The normalized spacial score (nSPS) is 22.8. The van der Waals surface area contributed by atoms with E-state index < -0.39 is 9.84 Å². The topological polar surface area (TPSA) is 72.5 Å². The van der Waals surface area contributed by atoms with Crippen LogP contribution in [0.15, 0.2) is 29.2 Å². The first kappa shape index (κ1) is 18.9. The highest BCUT2D eigenvalue weighted by molar-refractivity contribution is 7.90. The fourth-order valence-corrected chi connectivity index (χ4v) is 3.84. The average Bonchev–Trinajstić information content (AvgIpc) is 2.55. The van der Waals surface area contributed by atoms with Crippen LogP contribution in [0.25, 0.3) is 0 Å². The first-order valence-electron chi connectivity index (χ1n) is 8.54. The van der Waals surface area contributed by atoms with Gasteiger partial charge in [-0.2, -0.15) is 0 Å². The van der Waals surface area contributed by atoms with Crippen molar-refractivity contribution in [3.05, 3.63) is 29.8 Å². The summed E-state index contributed by atoms with van der Waals surface area (Å²) in [6.07, 6.45) is 4.84. The zero-order valence-electron chi connectivity index (χ0n) is 14.6. The van der Waals surface area contributed by atoms with E-state index in [2.05, 4.69) is 12.2 Å². The fraction of sp³-hybridized carbons (Fsp3) is 0.611. The highest BCUT2D eigenvalue weighted by Crippen LogP contribution is 2.27. The van der Waals surface area contributed by atoms with Gasteiger partial charge in [0, 0.05) is 18.3 Å². The maximum Gasteiger partial charge on any atom is 0.308 e. The Labute approximate surface area is 144 Å². The SMILES string of the molecule is CCOC(=O)C1CCC(NC(C)c2ccc(S(C)(=O)=O)cc2)CC1. The van der Waals surface area contributed by atoms with Crippen molar-refractivity contribution in [3.63, 3.8) is 0 Å². The molecule has 1 aromatic rings. The predicted octanol–water partition coefficient (Wildman–Crippen LogP) is 2.86. The smallest absolute Gasteiger partial charge is 0.308 e. The summed E-state index contributed by atoms with van der Waals surface area (Å²) >= 11 is 0. The molecule has 1 aliphatic carbocycles. The van der Waals surface area contributed by atoms with Crippen LogP contribution in [0.5, 0.6) is 0 Å². The lowest BCUT2D eigenvalue weighted by atomic mass is 9.85. The molecule has 0 aromatic heterocycles. The van der Waals surface area contributed by atoms with E-state index in [-0.39, 0.29) is 17.9 Å². The summed E-state index contributed by atoms with van der Waals surface area (Å²) in [6.45, 7) is 4.35. The monoisotopic (exact) mass is 353 g/mol. The van der Waals surface area contributed by atoms with Gasteiger partial charge in [-0.25, -0.2) is 8.42 Å². The Hall–Kier alpha value is -1.40. The van der Waals surface area contributed by atoms with E-state index in [1.165, 1.54) is 6.26 Å². The molecule has 1 aromatic carbocycles. The van der Waals surface area contributed by atoms with Gasteiger partial charge < -0.3 is 10.1 Å². The molecule has 0 saturated heterocycles. The van der Waals surface area contributed by atoms with Crippen molar-refractivity contribution in [2.24, 2.45) is 5.92 Å². The first-order valence-corrected chi connectivity index (χ1v) is 10.4. The van der Waals surface area contributed by atoms with Gasteiger partial charge in [0.15, 0.2) is 9.84 Å². The van der Waals surface area contributed by atoms with Gasteiger partial charge in [-0.1, -0.05) is 12.1 Å². The summed E-state index contributed by atoms with van der Waals surface area (Å²) in [6, 6.07) is 7.54. The lowest BCUT2D eigenvalue weighted by Gasteiger charge is -2.30. The van der Waals surface area contributed by atoms with E-state index in [4.69, 9.17) is 4.74 Å². The molecule has 0 bridgehead atoms. The van der Waals surface area contributed by atoms with Crippen molar-refractivity contribution in [1.29, 1.82) is 0 Å². The lowest BCUT2D eigenvalue weighted by Crippen LogP contribution is -2.36. The molecule has 1 fully saturated rings. The van der Waals surface area contributed by atoms with E-state index in [1.807, 2.05) is 19.1 Å². The minimum atomic E-state index is -3.16. The van der Waals surface area contributed by atoms with Crippen molar-refractivity contribution in [3.8, 4) is 0 Å². The molecule has 24 heavy (non-hydrogen) atoms. The van der Waals surface area contributed by atoms with Gasteiger partial charge in [-0.3, -0.25) is 4.79 Å². The molecule has 134 valence electrons. The van der Waals surface area contributed by atoms with Crippen molar-refractivity contribution < 1.29 is 17.9 Å². The molecule has 0 aliphatic heterocycles. The number of carbonyl (C=O) groups is 1. The third-order valence-corrected chi connectivity index (χ3v) is 5.77. The number of carbonyl (C=O) groups excluding carboxylic acids is 1. The summed E-state index contributed by atoms with van der Waals surface area (Å²) in [5.41, 5.74) is 1.06. The van der Waals surface area contributed by atoms with Crippen LogP contribution in [-0.2, 0) is 19.4 Å². The maximum absolute atomic E-state index is 11.8. The van der Waals surface area contributed by atoms with E-state index in [0.29, 0.717) is 17.5 Å². The van der Waals surface area contributed by atoms with E-state index in [1.54, 1.807) is 12.1 Å². The van der Waals surface area contributed by atoms with Crippen LogP contribution in [0.1, 0.15) is 51.1 Å². The molecule has 0 spiro atoms. The second-order valence-corrected chi connectivity index (χ2v) is 8.55. The second kappa shape index (κ2) is 8.12. The quantitative estimate of drug-likeness (QED) is 0.796. The van der Waals surface area contributed by atoms with Crippen molar-refractivity contribution >= 4 is 15.8 Å². The van der Waals surface area contributed by atoms with E-state index >= 15 is 0 Å². The summed E-state index contributed by atoms with van der Waals surface area (Å²) in [5, 5.41) is 3.58. The number of esters is 1. The van der Waals surface area contributed by atoms with Crippen LogP contribution in [-0.4, -0.2) is 33.3 Å². The molecule has 1 saturated carbocycles. The zero-order chi connectivity index (χ0) is 17.7. The van der Waals surface area contributed by atoms with Crippen LogP contribution in [0.3, 0.4) is 0 Å². The third kappa shape index (κ3) is 5.05. The van der Waals surface area contributed by atoms with E-state index in [0.717, 1.165) is 31.2 Å². The standard InChI is InChI=1S/C18H27NO4S/c1-4-23-18(20)15-5-9-16(10-6-15)19-13(2)14-7-11-17(12-8-14)24(3,21)22/h7-8,11-13,15-16,19H,4-6,9-10H2,1-3H3. The summed E-state index contributed by atoms with van der Waals surface area (Å²) in [5.74, 6) is -0.0345. The molecule has 0 radical (unpaired) electrons. The minimum Gasteiger partial charge on any atom is -0.466 e. The number of ether oxygens (including phenoxy) is 1. The van der Waals surface area contributed by atoms with Gasteiger partial charge in [0.2, 0.25) is 0 Å². The molecule has 5 nitrogen and oxygen atoms in total. The van der Waals surface area contributed by atoms with Crippen LogP contribution in [0.4, 0.5) is 0 Å². The van der Waals surface area contributed by atoms with Crippen molar-refractivity contribution in [1.82, 2.24) is 5.32 Å². The Kier molecular flexibility index (Phi) is 6.40. The Morgan fingerprint density at radius 1 is 1.21 bits per heavy atom. The minimum absolute atomic E-state index is 0.0346. The second-order valence-electron chi connectivity index (χ2n) is 6.53. The molecule has 1 atom stereocenters. The predicted molar refractivity (Wildman–Crippen MR) is 93.5 cm³/mol. The van der Waals surface area contributed by atoms with Gasteiger partial charge in [-0.15, -0.1) is 0 Å². The molecule has 1 unspecified atom stereocenters. The number of sulfone groups is 1. The summed E-state index contributed by atoms with van der Waals surface area (Å²) in [4.78, 5) is 12.1. The summed E-state index contributed by atoms with van der Waals surface area (Å²) in [7, 11) is -3.16. The highest BCUT2D eigenvalue weighted by Gasteiger charge is 2.27.